The van der Waals surface area contributed by atoms with Gasteiger partial charge in [0.25, 0.3) is 0 Å². The number of unbranched alkanes of at least 4 members (excludes halogenated alkanes) is 1. The van der Waals surface area contributed by atoms with Gasteiger partial charge >= 0.3 is 5.97 Å². The Hall–Kier alpha value is -3.57. The maximum Gasteiger partial charge on any atom is 0.322 e. The first-order valence-corrected chi connectivity index (χ1v) is 10.7. The van der Waals surface area contributed by atoms with E-state index in [1.54, 1.807) is 0 Å². The summed E-state index contributed by atoms with van der Waals surface area (Å²) < 4.78 is 0. The second kappa shape index (κ2) is 8.66. The fourth-order valence-corrected chi connectivity index (χ4v) is 4.28. The van der Waals surface area contributed by atoms with E-state index in [9.17, 15) is 9.90 Å². The number of aryl methyl sites for hydroxylation is 2. The summed E-state index contributed by atoms with van der Waals surface area (Å²) in [6, 6.07) is 26.0. The lowest BCUT2D eigenvalue weighted by Crippen LogP contribution is -2.25. The molecule has 0 saturated carbocycles. The molecule has 4 rings (SSSR count). The van der Waals surface area contributed by atoms with Gasteiger partial charge in [0.1, 0.15) is 5.41 Å². The molecule has 3 aromatic rings. The van der Waals surface area contributed by atoms with Crippen LogP contribution in [0.15, 0.2) is 84.4 Å². The molecule has 0 aliphatic heterocycles. The van der Waals surface area contributed by atoms with Crippen molar-refractivity contribution < 1.29 is 9.90 Å². The average Bonchev–Trinajstić information content (AvgIpc) is 3.46. The van der Waals surface area contributed by atoms with Crippen LogP contribution >= 0.6 is 0 Å². The highest BCUT2D eigenvalue weighted by atomic mass is 16.4. The van der Waals surface area contributed by atoms with Crippen LogP contribution in [-0.4, -0.2) is 11.1 Å². The minimum Gasteiger partial charge on any atom is -0.480 e. The molecule has 0 radical (unpaired) electrons. The Morgan fingerprint density at radius 3 is 2.10 bits per heavy atom. The molecule has 3 aromatic carbocycles. The quantitative estimate of drug-likeness (QED) is 0.384. The van der Waals surface area contributed by atoms with Crippen molar-refractivity contribution in [2.75, 3.05) is 0 Å². The number of carbonyl (C=O) groups is 1. The first-order chi connectivity index (χ1) is 15.0. The number of hydrogen-bond donors (Lipinski definition) is 1. The molecule has 0 aromatic heterocycles. The van der Waals surface area contributed by atoms with Crippen LogP contribution in [0.1, 0.15) is 47.1 Å². The molecule has 0 amide bonds. The zero-order chi connectivity index (χ0) is 21.8. The van der Waals surface area contributed by atoms with E-state index < -0.39 is 11.4 Å². The Labute approximate surface area is 184 Å². The maximum atomic E-state index is 12.6. The molecule has 0 spiro atoms. The Morgan fingerprint density at radius 2 is 1.48 bits per heavy atom. The molecular weight excluding hydrogens is 380 g/mol. The zero-order valence-corrected chi connectivity index (χ0v) is 18.0. The molecule has 2 heteroatoms. The Bertz CT molecular complexity index is 1170. The molecule has 1 aliphatic carbocycles. The summed E-state index contributed by atoms with van der Waals surface area (Å²) in [5.74, 6) is 5.65. The minimum absolute atomic E-state index is 0.729. The summed E-state index contributed by atoms with van der Waals surface area (Å²) in [6.45, 7) is 4.11. The monoisotopic (exact) mass is 406 g/mol. The molecule has 0 heterocycles. The van der Waals surface area contributed by atoms with Crippen molar-refractivity contribution in [3.8, 4) is 11.8 Å². The van der Waals surface area contributed by atoms with E-state index in [4.69, 9.17) is 0 Å². The van der Waals surface area contributed by atoms with Gasteiger partial charge in [0.15, 0.2) is 0 Å². The minimum atomic E-state index is -1.01. The van der Waals surface area contributed by atoms with Crippen molar-refractivity contribution in [1.82, 2.24) is 0 Å². The lowest BCUT2D eigenvalue weighted by Gasteiger charge is -2.16. The highest BCUT2D eigenvalue weighted by Crippen LogP contribution is 2.61. The third-order valence-electron chi connectivity index (χ3n) is 5.95. The third kappa shape index (κ3) is 4.05. The van der Waals surface area contributed by atoms with Gasteiger partial charge in [0, 0.05) is 12.0 Å². The summed E-state index contributed by atoms with van der Waals surface area (Å²) in [7, 11) is 0. The fourth-order valence-electron chi connectivity index (χ4n) is 4.28. The van der Waals surface area contributed by atoms with Crippen molar-refractivity contribution in [3.63, 3.8) is 0 Å². The van der Waals surface area contributed by atoms with E-state index in [-0.39, 0.29) is 0 Å². The molecule has 31 heavy (non-hydrogen) atoms. The normalized spacial score (nSPS) is 17.1. The van der Waals surface area contributed by atoms with Crippen molar-refractivity contribution >= 4 is 11.5 Å². The summed E-state index contributed by atoms with van der Waals surface area (Å²) in [4.78, 5) is 12.6. The van der Waals surface area contributed by atoms with E-state index >= 15 is 0 Å². The molecule has 0 fully saturated rings. The average molecular weight is 407 g/mol. The lowest BCUT2D eigenvalue weighted by atomic mass is 9.85. The Kier molecular flexibility index (Phi) is 5.78. The third-order valence-corrected chi connectivity index (χ3v) is 5.95. The van der Waals surface area contributed by atoms with Crippen molar-refractivity contribution in [2.45, 2.75) is 38.5 Å². The first kappa shape index (κ1) is 20.7. The molecule has 1 unspecified atom stereocenters. The van der Waals surface area contributed by atoms with Crippen LogP contribution in [0.5, 0.6) is 0 Å². The largest absolute Gasteiger partial charge is 0.480 e. The first-order valence-electron chi connectivity index (χ1n) is 10.7. The maximum absolute atomic E-state index is 12.6. The van der Waals surface area contributed by atoms with E-state index in [0.717, 1.165) is 47.1 Å². The predicted octanol–water partition coefficient (Wildman–Crippen LogP) is 6.32. The van der Waals surface area contributed by atoms with Gasteiger partial charge in [-0.25, -0.2) is 0 Å². The standard InChI is InChI=1S/C29H26O2/c1-21-13-17-23(18-14-21)9-5-3-8-12-26-27(24-19-15-22(2)16-20-24)29(26,28(30)31)25-10-6-4-7-11-25/h4,6-7,10-11,13-20H,3,8,12H2,1-2H3,(H,30,31). The van der Waals surface area contributed by atoms with E-state index in [1.807, 2.05) is 73.7 Å². The second-order valence-corrected chi connectivity index (χ2v) is 8.16. The predicted molar refractivity (Wildman–Crippen MR) is 126 cm³/mol. The van der Waals surface area contributed by atoms with Crippen LogP contribution < -0.4 is 0 Å². The van der Waals surface area contributed by atoms with Crippen molar-refractivity contribution in [1.29, 1.82) is 0 Å². The van der Waals surface area contributed by atoms with Gasteiger partial charge in [-0.1, -0.05) is 89.7 Å². The highest BCUT2D eigenvalue weighted by Gasteiger charge is 2.60. The Balaban J connectivity index is 1.57. The number of carboxylic acids is 1. The van der Waals surface area contributed by atoms with Crippen LogP contribution in [-0.2, 0) is 10.2 Å². The van der Waals surface area contributed by atoms with Crippen LogP contribution in [0.4, 0.5) is 0 Å². The van der Waals surface area contributed by atoms with E-state index in [2.05, 4.69) is 30.9 Å². The number of benzene rings is 3. The van der Waals surface area contributed by atoms with Gasteiger partial charge in [-0.3, -0.25) is 4.79 Å². The number of hydrogen-bond acceptors (Lipinski definition) is 1. The molecule has 0 bridgehead atoms. The summed E-state index contributed by atoms with van der Waals surface area (Å²) >= 11 is 0. The fraction of sp³-hybridized carbons (Fsp3) is 0.207. The van der Waals surface area contributed by atoms with Crippen LogP contribution in [0.25, 0.3) is 5.57 Å². The summed E-state index contributed by atoms with van der Waals surface area (Å²) in [5, 5.41) is 10.3. The van der Waals surface area contributed by atoms with Crippen molar-refractivity contribution in [3.05, 3.63) is 112 Å². The summed E-state index contributed by atoms with van der Waals surface area (Å²) in [6.07, 6.45) is 2.31. The van der Waals surface area contributed by atoms with Gasteiger partial charge in [-0.05, 0) is 61.1 Å². The smallest absolute Gasteiger partial charge is 0.322 e. The summed E-state index contributed by atoms with van der Waals surface area (Å²) in [5.41, 5.74) is 6.17. The molecule has 1 atom stereocenters. The molecule has 1 N–H and O–H groups in total. The molecule has 154 valence electrons. The number of carboxylic acid groups (broad SMARTS) is 1. The molecule has 1 aliphatic rings. The zero-order valence-electron chi connectivity index (χ0n) is 18.0. The number of rotatable bonds is 6. The van der Waals surface area contributed by atoms with Crippen molar-refractivity contribution in [2.24, 2.45) is 0 Å². The van der Waals surface area contributed by atoms with Gasteiger partial charge in [-0.2, -0.15) is 0 Å². The molecule has 2 nitrogen and oxygen atoms in total. The van der Waals surface area contributed by atoms with E-state index in [1.165, 1.54) is 11.1 Å². The van der Waals surface area contributed by atoms with Gasteiger partial charge < -0.3 is 5.11 Å². The second-order valence-electron chi connectivity index (χ2n) is 8.16. The Morgan fingerprint density at radius 1 is 0.871 bits per heavy atom. The van der Waals surface area contributed by atoms with Crippen LogP contribution in [0.3, 0.4) is 0 Å². The SMILES string of the molecule is Cc1ccc(C#CCCCC2=C(c3ccc(C)cc3)C2(C(=O)O)c2ccccc2)cc1. The van der Waals surface area contributed by atoms with Gasteiger partial charge in [0.05, 0.1) is 0 Å². The highest BCUT2D eigenvalue weighted by molar-refractivity contribution is 6.14. The topological polar surface area (TPSA) is 37.3 Å². The number of aliphatic carboxylic acids is 1. The van der Waals surface area contributed by atoms with Crippen LogP contribution in [0.2, 0.25) is 0 Å². The van der Waals surface area contributed by atoms with E-state index in [0.29, 0.717) is 0 Å². The van der Waals surface area contributed by atoms with Crippen LogP contribution in [0, 0.1) is 25.7 Å². The molecule has 0 saturated heterocycles. The van der Waals surface area contributed by atoms with Gasteiger partial charge in [-0.15, -0.1) is 0 Å². The molecular formula is C29H26O2. The lowest BCUT2D eigenvalue weighted by molar-refractivity contribution is -0.139. The van der Waals surface area contributed by atoms with Gasteiger partial charge in [0.2, 0.25) is 0 Å².